The molecular formula is C32H26ClN3O4S. The number of anilines is 2. The highest BCUT2D eigenvalue weighted by Gasteiger charge is 2.34. The molecule has 0 atom stereocenters. The van der Waals surface area contributed by atoms with Gasteiger partial charge in [-0.1, -0.05) is 60.1 Å². The van der Waals surface area contributed by atoms with Crippen molar-refractivity contribution in [2.75, 3.05) is 23.9 Å². The summed E-state index contributed by atoms with van der Waals surface area (Å²) < 4.78 is 11.3. The number of rotatable bonds is 8. The van der Waals surface area contributed by atoms with E-state index in [1.165, 1.54) is 18.9 Å². The molecule has 0 spiro atoms. The Morgan fingerprint density at radius 3 is 2.44 bits per heavy atom. The van der Waals surface area contributed by atoms with E-state index in [-0.39, 0.29) is 29.2 Å². The third-order valence-electron chi connectivity index (χ3n) is 6.00. The van der Waals surface area contributed by atoms with Crippen LogP contribution in [0.5, 0.6) is 11.5 Å². The molecule has 1 fully saturated rings. The lowest BCUT2D eigenvalue weighted by Crippen LogP contribution is -2.28. The molecule has 2 amide bonds. The van der Waals surface area contributed by atoms with Gasteiger partial charge in [0.1, 0.15) is 0 Å². The van der Waals surface area contributed by atoms with Gasteiger partial charge in [0, 0.05) is 5.69 Å². The Kier molecular flexibility index (Phi) is 8.72. The quantitative estimate of drug-likeness (QED) is 0.217. The van der Waals surface area contributed by atoms with E-state index in [1.807, 2.05) is 85.8 Å². The molecule has 1 N–H and O–H groups in total. The molecule has 41 heavy (non-hydrogen) atoms. The van der Waals surface area contributed by atoms with E-state index >= 15 is 0 Å². The average Bonchev–Trinajstić information content (AvgIpc) is 3.26. The number of thioether (sulfide) groups is 1. The fourth-order valence-electron chi connectivity index (χ4n) is 4.14. The van der Waals surface area contributed by atoms with Crippen molar-refractivity contribution in [1.82, 2.24) is 0 Å². The monoisotopic (exact) mass is 583 g/mol. The minimum Gasteiger partial charge on any atom is -0.493 e. The van der Waals surface area contributed by atoms with Crippen LogP contribution in [0.4, 0.5) is 17.1 Å². The van der Waals surface area contributed by atoms with Crippen LogP contribution < -0.4 is 19.7 Å². The van der Waals surface area contributed by atoms with Gasteiger partial charge in [-0.05, 0) is 84.4 Å². The molecular weight excluding hydrogens is 558 g/mol. The Bertz CT molecular complexity index is 1640. The highest BCUT2D eigenvalue weighted by molar-refractivity contribution is 8.19. The molecule has 4 aromatic rings. The summed E-state index contributed by atoms with van der Waals surface area (Å²) in [5.74, 6) is 0.0258. The van der Waals surface area contributed by atoms with Crippen LogP contribution in [0.2, 0.25) is 5.02 Å². The number of methoxy groups -OCH3 is 1. The predicted octanol–water partition coefficient (Wildman–Crippen LogP) is 7.48. The predicted molar refractivity (Wildman–Crippen MR) is 166 cm³/mol. The lowest BCUT2D eigenvalue weighted by Gasteiger charge is -2.15. The minimum absolute atomic E-state index is 0.209. The summed E-state index contributed by atoms with van der Waals surface area (Å²) in [6.45, 7) is 1.69. The van der Waals surface area contributed by atoms with E-state index in [2.05, 4.69) is 5.32 Å². The summed E-state index contributed by atoms with van der Waals surface area (Å²) in [5, 5.41) is 3.58. The van der Waals surface area contributed by atoms with E-state index in [4.69, 9.17) is 26.1 Å². The van der Waals surface area contributed by atoms with Crippen molar-refractivity contribution in [1.29, 1.82) is 0 Å². The second-order valence-electron chi connectivity index (χ2n) is 9.06. The van der Waals surface area contributed by atoms with Crippen molar-refractivity contribution < 1.29 is 19.1 Å². The van der Waals surface area contributed by atoms with Gasteiger partial charge < -0.3 is 14.8 Å². The Hall–Kier alpha value is -4.53. The second kappa shape index (κ2) is 12.8. The molecule has 9 heteroatoms. The van der Waals surface area contributed by atoms with Gasteiger partial charge in [0.15, 0.2) is 23.3 Å². The minimum atomic E-state index is -0.334. The van der Waals surface area contributed by atoms with E-state index < -0.39 is 0 Å². The number of hydrogen-bond acceptors (Lipinski definition) is 6. The van der Waals surface area contributed by atoms with Gasteiger partial charge in [-0.25, -0.2) is 4.99 Å². The number of carbonyl (C=O) groups excluding carboxylic acids is 2. The van der Waals surface area contributed by atoms with Crippen LogP contribution >= 0.6 is 23.4 Å². The first-order valence-electron chi connectivity index (χ1n) is 12.7. The number of ether oxygens (including phenoxy) is 2. The van der Waals surface area contributed by atoms with Crippen LogP contribution in [0, 0.1) is 6.92 Å². The molecule has 1 saturated heterocycles. The lowest BCUT2D eigenvalue weighted by molar-refractivity contribution is -0.118. The van der Waals surface area contributed by atoms with Gasteiger partial charge >= 0.3 is 0 Å². The van der Waals surface area contributed by atoms with Gasteiger partial charge in [0.05, 0.1) is 28.4 Å². The zero-order valence-corrected chi connectivity index (χ0v) is 23.9. The Morgan fingerprint density at radius 2 is 1.73 bits per heavy atom. The number of aryl methyl sites for hydroxylation is 1. The van der Waals surface area contributed by atoms with E-state index in [9.17, 15) is 9.59 Å². The summed E-state index contributed by atoms with van der Waals surface area (Å²) in [7, 11) is 1.49. The van der Waals surface area contributed by atoms with Crippen LogP contribution in [-0.2, 0) is 9.59 Å². The summed E-state index contributed by atoms with van der Waals surface area (Å²) in [5.41, 5.74) is 3.79. The molecule has 7 nitrogen and oxygen atoms in total. The number of benzene rings is 4. The summed E-state index contributed by atoms with van der Waals surface area (Å²) in [4.78, 5) is 32.8. The number of nitrogens with zero attached hydrogens (tertiary/aromatic N) is 2. The Morgan fingerprint density at radius 1 is 1.00 bits per heavy atom. The summed E-state index contributed by atoms with van der Waals surface area (Å²) in [6, 6.07) is 29.7. The SMILES string of the molecule is COc1cc(/C=C2\SC(=Nc3ccccc3)N(c3ccccc3)C2=O)cc(Cl)c1OCC(=O)Nc1cccc(C)c1. The Balaban J connectivity index is 1.39. The zero-order chi connectivity index (χ0) is 28.8. The molecule has 1 aliphatic heterocycles. The van der Waals surface area contributed by atoms with Crippen molar-refractivity contribution in [2.45, 2.75) is 6.92 Å². The molecule has 0 unspecified atom stereocenters. The van der Waals surface area contributed by atoms with Gasteiger partial charge in [0.25, 0.3) is 11.8 Å². The van der Waals surface area contributed by atoms with Crippen LogP contribution in [-0.4, -0.2) is 30.7 Å². The molecule has 4 aromatic carbocycles. The van der Waals surface area contributed by atoms with Crippen LogP contribution in [0.1, 0.15) is 11.1 Å². The normalized spacial score (nSPS) is 14.9. The lowest BCUT2D eigenvalue weighted by atomic mass is 10.1. The molecule has 0 aromatic heterocycles. The molecule has 0 bridgehead atoms. The largest absolute Gasteiger partial charge is 0.493 e. The number of amides is 2. The smallest absolute Gasteiger partial charge is 0.271 e. The Labute approximate surface area is 247 Å². The second-order valence-corrected chi connectivity index (χ2v) is 10.5. The van der Waals surface area contributed by atoms with Crippen LogP contribution in [0.15, 0.2) is 107 Å². The van der Waals surface area contributed by atoms with Gasteiger partial charge in [-0.2, -0.15) is 0 Å². The first-order valence-corrected chi connectivity index (χ1v) is 13.9. The summed E-state index contributed by atoms with van der Waals surface area (Å²) >= 11 is 7.84. The number of amidine groups is 1. The van der Waals surface area contributed by atoms with Crippen molar-refractivity contribution >= 4 is 63.5 Å². The number of aliphatic imine (C=N–C) groups is 1. The van der Waals surface area contributed by atoms with Gasteiger partial charge in [-0.3, -0.25) is 14.5 Å². The van der Waals surface area contributed by atoms with Crippen LogP contribution in [0.3, 0.4) is 0 Å². The number of para-hydroxylation sites is 2. The summed E-state index contributed by atoms with van der Waals surface area (Å²) in [6.07, 6.45) is 1.74. The molecule has 206 valence electrons. The molecule has 5 rings (SSSR count). The molecule has 0 aliphatic carbocycles. The van der Waals surface area contributed by atoms with E-state index in [1.54, 1.807) is 29.2 Å². The fourth-order valence-corrected chi connectivity index (χ4v) is 5.41. The molecule has 0 radical (unpaired) electrons. The topological polar surface area (TPSA) is 80.2 Å². The third kappa shape index (κ3) is 6.80. The van der Waals surface area contributed by atoms with Crippen molar-refractivity contribution in [3.8, 4) is 11.5 Å². The average molecular weight is 584 g/mol. The molecule has 1 heterocycles. The van der Waals surface area contributed by atoms with Crippen molar-refractivity contribution in [2.24, 2.45) is 4.99 Å². The van der Waals surface area contributed by atoms with E-state index in [0.29, 0.717) is 32.8 Å². The first-order chi connectivity index (χ1) is 19.9. The molecule has 1 aliphatic rings. The van der Waals surface area contributed by atoms with Gasteiger partial charge in [-0.15, -0.1) is 0 Å². The number of nitrogens with one attached hydrogen (secondary N) is 1. The number of carbonyl (C=O) groups is 2. The maximum absolute atomic E-state index is 13.6. The fraction of sp³-hybridized carbons (Fsp3) is 0.0938. The highest BCUT2D eigenvalue weighted by Crippen LogP contribution is 2.40. The van der Waals surface area contributed by atoms with Crippen molar-refractivity contribution in [3.05, 3.63) is 118 Å². The third-order valence-corrected chi connectivity index (χ3v) is 7.25. The standard InChI is InChI=1S/C32H26ClN3O4S/c1-21-10-9-13-24(16-21)34-29(37)20-40-30-26(33)17-22(18-27(30)39-2)19-28-31(38)36(25-14-7-4-8-15-25)32(41-28)35-23-11-5-3-6-12-23/h3-19H,20H2,1-2H3,(H,34,37)/b28-19-,35-32?. The van der Waals surface area contributed by atoms with Crippen LogP contribution in [0.25, 0.3) is 6.08 Å². The first kappa shape index (κ1) is 28.0. The van der Waals surface area contributed by atoms with Gasteiger partial charge in [0.2, 0.25) is 0 Å². The van der Waals surface area contributed by atoms with Crippen molar-refractivity contribution in [3.63, 3.8) is 0 Å². The number of hydrogen-bond donors (Lipinski definition) is 1. The van der Waals surface area contributed by atoms with E-state index in [0.717, 1.165) is 11.3 Å². The maximum Gasteiger partial charge on any atom is 0.271 e. The zero-order valence-electron chi connectivity index (χ0n) is 22.3. The number of halogens is 1. The highest BCUT2D eigenvalue weighted by atomic mass is 35.5. The molecule has 0 saturated carbocycles. The maximum atomic E-state index is 13.6.